The summed E-state index contributed by atoms with van der Waals surface area (Å²) in [5, 5.41) is 10.3. The van der Waals surface area contributed by atoms with Crippen molar-refractivity contribution >= 4 is 66.3 Å². The second-order valence-electron chi connectivity index (χ2n) is 9.24. The predicted octanol–water partition coefficient (Wildman–Crippen LogP) is 6.17. The molecule has 0 heterocycles. The molecule has 2 atom stereocenters. The molecule has 0 aliphatic carbocycles. The molecule has 6 nitrogen and oxygen atoms in total. The Balaban J connectivity index is 1.06. The van der Waals surface area contributed by atoms with Crippen LogP contribution in [0.15, 0.2) is 84.9 Å². The fraction of sp³-hybridized carbons (Fsp3) is 0.267. The van der Waals surface area contributed by atoms with Crippen LogP contribution in [0, 0.1) is 0 Å². The third kappa shape index (κ3) is 8.23. The number of hydrogen-bond donors (Lipinski definition) is 4. The number of rotatable bonds is 13. The zero-order valence-electron chi connectivity index (χ0n) is 21.3. The number of nitrogens with two attached hydrogens (primary N) is 2. The van der Waals surface area contributed by atoms with E-state index in [-0.39, 0.29) is 11.8 Å². The van der Waals surface area contributed by atoms with Gasteiger partial charge >= 0.3 is 0 Å². The minimum atomic E-state index is -0.536. The Morgan fingerprint density at radius 2 is 1.00 bits per heavy atom. The lowest BCUT2D eigenvalue weighted by Gasteiger charge is -2.13. The van der Waals surface area contributed by atoms with Gasteiger partial charge in [-0.2, -0.15) is 0 Å². The monoisotopic (exact) mass is 546 g/mol. The number of amides is 2. The molecule has 4 aromatic carbocycles. The lowest BCUT2D eigenvalue weighted by atomic mass is 10.1. The first-order valence-corrected chi connectivity index (χ1v) is 15.3. The molecule has 0 aromatic heterocycles. The fourth-order valence-corrected chi connectivity index (χ4v) is 6.33. The highest BCUT2D eigenvalue weighted by Crippen LogP contribution is 2.25. The van der Waals surface area contributed by atoms with Crippen molar-refractivity contribution in [3.05, 3.63) is 84.9 Å². The maximum absolute atomic E-state index is 12.5. The van der Waals surface area contributed by atoms with Gasteiger partial charge < -0.3 is 22.1 Å². The van der Waals surface area contributed by atoms with Gasteiger partial charge in [-0.05, 0) is 71.5 Å². The number of carbonyl (C=O) groups is 2. The zero-order chi connectivity index (χ0) is 26.7. The van der Waals surface area contributed by atoms with Crippen molar-refractivity contribution in [2.24, 2.45) is 11.5 Å². The third-order valence-corrected chi connectivity index (χ3v) is 8.85. The minimum absolute atomic E-state index is 0.158. The number of benzene rings is 4. The van der Waals surface area contributed by atoms with Crippen LogP contribution in [0.4, 0.5) is 11.4 Å². The van der Waals surface area contributed by atoms with E-state index >= 15 is 0 Å². The van der Waals surface area contributed by atoms with Crippen LogP contribution in [0.3, 0.4) is 0 Å². The second-order valence-corrected chi connectivity index (χ2v) is 11.9. The minimum Gasteiger partial charge on any atom is -0.325 e. The molecule has 0 saturated heterocycles. The van der Waals surface area contributed by atoms with Gasteiger partial charge in [0.1, 0.15) is 0 Å². The van der Waals surface area contributed by atoms with Gasteiger partial charge in [0.05, 0.1) is 12.1 Å². The molecule has 0 aliphatic rings. The largest absolute Gasteiger partial charge is 0.325 e. The molecule has 0 bridgehead atoms. The van der Waals surface area contributed by atoms with Crippen molar-refractivity contribution in [1.82, 2.24) is 0 Å². The van der Waals surface area contributed by atoms with Crippen LogP contribution in [-0.2, 0) is 9.59 Å². The average Bonchev–Trinajstić information content (AvgIpc) is 2.94. The standard InChI is InChI=1S/C30H34N4O2S2/c31-27(29(35)33-25-15-13-21-7-1-3-9-23(21)19-25)11-5-17-37-38-18-6-12-28(32)30(36)34-26-16-14-22-8-2-4-10-24(22)20-26/h1-4,7-10,13-16,19-20,27-28H,5-6,11-12,17-18,31-32H2,(H,33,35)(H,34,36). The molecule has 198 valence electrons. The van der Waals surface area contributed by atoms with Crippen molar-refractivity contribution in [1.29, 1.82) is 0 Å². The second kappa shape index (κ2) is 14.2. The van der Waals surface area contributed by atoms with Crippen LogP contribution in [0.25, 0.3) is 21.5 Å². The first kappa shape index (κ1) is 28.0. The van der Waals surface area contributed by atoms with Gasteiger partial charge in [-0.3, -0.25) is 9.59 Å². The van der Waals surface area contributed by atoms with E-state index in [9.17, 15) is 9.59 Å². The van der Waals surface area contributed by atoms with Gasteiger partial charge in [-0.25, -0.2) is 0 Å². The highest BCUT2D eigenvalue weighted by atomic mass is 33.1. The summed E-state index contributed by atoms with van der Waals surface area (Å²) in [5.41, 5.74) is 13.7. The van der Waals surface area contributed by atoms with Gasteiger partial charge in [-0.15, -0.1) is 0 Å². The Morgan fingerprint density at radius 3 is 1.42 bits per heavy atom. The molecule has 0 spiro atoms. The highest BCUT2D eigenvalue weighted by molar-refractivity contribution is 8.76. The van der Waals surface area contributed by atoms with Crippen molar-refractivity contribution in [3.8, 4) is 0 Å². The number of hydrogen-bond acceptors (Lipinski definition) is 6. The van der Waals surface area contributed by atoms with E-state index in [2.05, 4.69) is 10.6 Å². The van der Waals surface area contributed by atoms with E-state index in [0.717, 1.165) is 57.3 Å². The summed E-state index contributed by atoms with van der Waals surface area (Å²) < 4.78 is 0. The first-order valence-electron chi connectivity index (χ1n) is 12.8. The Morgan fingerprint density at radius 1 is 0.605 bits per heavy atom. The molecule has 0 radical (unpaired) electrons. The lowest BCUT2D eigenvalue weighted by molar-refractivity contribution is -0.118. The molecule has 0 aliphatic heterocycles. The highest BCUT2D eigenvalue weighted by Gasteiger charge is 2.15. The Labute approximate surface area is 231 Å². The fourth-order valence-electron chi connectivity index (χ4n) is 4.11. The molecule has 8 heteroatoms. The average molecular weight is 547 g/mol. The quantitative estimate of drug-likeness (QED) is 0.118. The van der Waals surface area contributed by atoms with Gasteiger partial charge in [0.15, 0.2) is 0 Å². The Hall–Kier alpha value is -3.04. The molecule has 0 saturated carbocycles. The van der Waals surface area contributed by atoms with E-state index in [1.807, 2.05) is 84.9 Å². The van der Waals surface area contributed by atoms with Crippen LogP contribution in [0.1, 0.15) is 25.7 Å². The molecular weight excluding hydrogens is 512 g/mol. The van der Waals surface area contributed by atoms with Crippen LogP contribution in [0.5, 0.6) is 0 Å². The van der Waals surface area contributed by atoms with Crippen LogP contribution >= 0.6 is 21.6 Å². The van der Waals surface area contributed by atoms with E-state index in [1.54, 1.807) is 21.6 Å². The normalized spacial score (nSPS) is 12.8. The van der Waals surface area contributed by atoms with Gasteiger partial charge in [0.2, 0.25) is 11.8 Å². The SMILES string of the molecule is NC(CCCSSCCCC(N)C(=O)Nc1ccc2ccccc2c1)C(=O)Nc1ccc2ccccc2c1. The first-order chi connectivity index (χ1) is 18.5. The van der Waals surface area contributed by atoms with Crippen LogP contribution in [-0.4, -0.2) is 35.4 Å². The van der Waals surface area contributed by atoms with E-state index in [0.29, 0.717) is 12.8 Å². The van der Waals surface area contributed by atoms with Crippen molar-refractivity contribution in [3.63, 3.8) is 0 Å². The van der Waals surface area contributed by atoms with Gasteiger partial charge in [0, 0.05) is 22.9 Å². The summed E-state index contributed by atoms with van der Waals surface area (Å²) in [4.78, 5) is 24.9. The summed E-state index contributed by atoms with van der Waals surface area (Å²) in [7, 11) is 3.53. The topological polar surface area (TPSA) is 110 Å². The van der Waals surface area contributed by atoms with Crippen LogP contribution < -0.4 is 22.1 Å². The maximum atomic E-state index is 12.5. The Bertz CT molecular complexity index is 1280. The summed E-state index contributed by atoms with van der Waals surface area (Å²) in [6.07, 6.45) is 2.98. The smallest absolute Gasteiger partial charge is 0.241 e. The maximum Gasteiger partial charge on any atom is 0.241 e. The molecule has 2 amide bonds. The summed E-state index contributed by atoms with van der Waals surface area (Å²) in [6.45, 7) is 0. The number of fused-ring (bicyclic) bond motifs is 2. The van der Waals surface area contributed by atoms with Crippen LogP contribution in [0.2, 0.25) is 0 Å². The van der Waals surface area contributed by atoms with Gasteiger partial charge in [-0.1, -0.05) is 82.3 Å². The molecule has 2 unspecified atom stereocenters. The van der Waals surface area contributed by atoms with Crippen molar-refractivity contribution in [2.75, 3.05) is 22.1 Å². The number of nitrogens with one attached hydrogen (secondary N) is 2. The molecule has 4 aromatic rings. The lowest BCUT2D eigenvalue weighted by Crippen LogP contribution is -2.35. The van der Waals surface area contributed by atoms with Gasteiger partial charge in [0.25, 0.3) is 0 Å². The van der Waals surface area contributed by atoms with E-state index < -0.39 is 12.1 Å². The van der Waals surface area contributed by atoms with E-state index in [4.69, 9.17) is 11.5 Å². The zero-order valence-corrected chi connectivity index (χ0v) is 22.9. The molecule has 6 N–H and O–H groups in total. The Kier molecular flexibility index (Phi) is 10.5. The molecular formula is C30H34N4O2S2. The van der Waals surface area contributed by atoms with E-state index in [1.165, 1.54) is 0 Å². The number of anilines is 2. The summed E-state index contributed by atoms with van der Waals surface area (Å²) in [5.74, 6) is 1.51. The molecule has 38 heavy (non-hydrogen) atoms. The third-order valence-electron chi connectivity index (χ3n) is 6.28. The predicted molar refractivity (Wildman–Crippen MR) is 164 cm³/mol. The molecule has 4 rings (SSSR count). The molecule has 0 fully saturated rings. The summed E-state index contributed by atoms with van der Waals surface area (Å²) in [6, 6.07) is 26.7. The summed E-state index contributed by atoms with van der Waals surface area (Å²) >= 11 is 0. The van der Waals surface area contributed by atoms with Crippen molar-refractivity contribution < 1.29 is 9.59 Å². The van der Waals surface area contributed by atoms with Crippen molar-refractivity contribution in [2.45, 2.75) is 37.8 Å². The number of carbonyl (C=O) groups excluding carboxylic acids is 2.